The average Bonchev–Trinajstić information content (AvgIpc) is 3.03. The van der Waals surface area contributed by atoms with Gasteiger partial charge in [-0.3, -0.25) is 4.79 Å². The maximum Gasteiger partial charge on any atom is 0.224 e. The fourth-order valence-electron chi connectivity index (χ4n) is 2.73. The van der Waals surface area contributed by atoms with E-state index >= 15 is 0 Å². The molecule has 1 heterocycles. The number of carbonyl (C=O) groups is 1. The molecule has 1 aromatic rings. The maximum atomic E-state index is 11.8. The Morgan fingerprint density at radius 1 is 1.28 bits per heavy atom. The molecule has 96 valence electrons. The molecule has 1 aliphatic carbocycles. The lowest BCUT2D eigenvalue weighted by Crippen LogP contribution is -2.33. The molecular weight excluding hydrogens is 269 g/mol. The standard InChI is InChI=1S/C14H15Cl2NO/c15-11-3-1-10(2-4-11)14(5-6-14)9-17-8-12(16)7-13(17)18/h1-4,12H,5-9H2. The van der Waals surface area contributed by atoms with Crippen molar-refractivity contribution in [2.24, 2.45) is 0 Å². The quantitative estimate of drug-likeness (QED) is 0.780. The van der Waals surface area contributed by atoms with E-state index in [1.807, 2.05) is 17.0 Å². The third-order valence-electron chi connectivity index (χ3n) is 3.97. The second-order valence-corrected chi connectivity index (χ2v) is 6.42. The number of rotatable bonds is 3. The number of likely N-dealkylation sites (tertiary alicyclic amines) is 1. The summed E-state index contributed by atoms with van der Waals surface area (Å²) < 4.78 is 0. The van der Waals surface area contributed by atoms with E-state index in [1.165, 1.54) is 5.56 Å². The van der Waals surface area contributed by atoms with Crippen LogP contribution < -0.4 is 0 Å². The highest BCUT2D eigenvalue weighted by atomic mass is 35.5. The molecule has 1 saturated carbocycles. The van der Waals surface area contributed by atoms with Gasteiger partial charge in [-0.15, -0.1) is 11.6 Å². The maximum absolute atomic E-state index is 11.8. The summed E-state index contributed by atoms with van der Waals surface area (Å²) in [5.41, 5.74) is 1.44. The lowest BCUT2D eigenvalue weighted by molar-refractivity contribution is -0.128. The molecule has 0 spiro atoms. The first-order valence-electron chi connectivity index (χ1n) is 6.27. The Labute approximate surface area is 117 Å². The number of nitrogens with zero attached hydrogens (tertiary/aromatic N) is 1. The molecule has 3 rings (SSSR count). The molecule has 0 radical (unpaired) electrons. The van der Waals surface area contributed by atoms with Crippen LogP contribution in [0.5, 0.6) is 0 Å². The molecule has 0 bridgehead atoms. The van der Waals surface area contributed by atoms with Crippen LogP contribution in [0.25, 0.3) is 0 Å². The molecule has 2 fully saturated rings. The Morgan fingerprint density at radius 2 is 1.94 bits per heavy atom. The van der Waals surface area contributed by atoms with Gasteiger partial charge in [-0.2, -0.15) is 0 Å². The van der Waals surface area contributed by atoms with E-state index in [1.54, 1.807) is 0 Å². The van der Waals surface area contributed by atoms with Crippen LogP contribution in [-0.2, 0) is 10.2 Å². The van der Waals surface area contributed by atoms with E-state index < -0.39 is 0 Å². The Morgan fingerprint density at radius 3 is 2.44 bits per heavy atom. The number of benzene rings is 1. The zero-order valence-electron chi connectivity index (χ0n) is 10.0. The third-order valence-corrected chi connectivity index (χ3v) is 4.52. The average molecular weight is 284 g/mol. The molecule has 1 saturated heterocycles. The summed E-state index contributed by atoms with van der Waals surface area (Å²) in [6.45, 7) is 1.49. The molecule has 18 heavy (non-hydrogen) atoms. The minimum absolute atomic E-state index is 0.0153. The van der Waals surface area contributed by atoms with E-state index in [4.69, 9.17) is 23.2 Å². The van der Waals surface area contributed by atoms with Crippen molar-refractivity contribution in [1.82, 2.24) is 4.90 Å². The summed E-state index contributed by atoms with van der Waals surface area (Å²) in [5, 5.41) is 0.742. The van der Waals surface area contributed by atoms with Crippen LogP contribution in [0.2, 0.25) is 5.02 Å². The third kappa shape index (κ3) is 2.24. The van der Waals surface area contributed by atoms with Gasteiger partial charge in [-0.1, -0.05) is 23.7 Å². The number of hydrogen-bond donors (Lipinski definition) is 0. The number of hydrogen-bond acceptors (Lipinski definition) is 1. The van der Waals surface area contributed by atoms with Gasteiger partial charge in [0.15, 0.2) is 0 Å². The molecular formula is C14H15Cl2NO. The highest BCUT2D eigenvalue weighted by Gasteiger charge is 2.47. The first-order valence-corrected chi connectivity index (χ1v) is 7.08. The molecule has 1 aromatic carbocycles. The van der Waals surface area contributed by atoms with Gasteiger partial charge in [0.2, 0.25) is 5.91 Å². The Balaban J connectivity index is 1.76. The topological polar surface area (TPSA) is 20.3 Å². The van der Waals surface area contributed by atoms with Crippen LogP contribution in [0.3, 0.4) is 0 Å². The first kappa shape index (κ1) is 12.3. The Bertz CT molecular complexity index is 467. The highest BCUT2D eigenvalue weighted by molar-refractivity contribution is 6.30. The molecule has 2 nitrogen and oxygen atoms in total. The molecule has 2 aliphatic rings. The van der Waals surface area contributed by atoms with Crippen molar-refractivity contribution in [2.45, 2.75) is 30.1 Å². The summed E-state index contributed by atoms with van der Waals surface area (Å²) in [7, 11) is 0. The van der Waals surface area contributed by atoms with Gasteiger partial charge in [0.25, 0.3) is 0 Å². The van der Waals surface area contributed by atoms with Gasteiger partial charge in [-0.05, 0) is 30.5 Å². The van der Waals surface area contributed by atoms with E-state index in [-0.39, 0.29) is 16.7 Å². The number of halogens is 2. The largest absolute Gasteiger partial charge is 0.340 e. The monoisotopic (exact) mass is 283 g/mol. The van der Waals surface area contributed by atoms with Crippen molar-refractivity contribution in [3.63, 3.8) is 0 Å². The lowest BCUT2D eigenvalue weighted by atomic mass is 9.95. The number of carbonyl (C=O) groups excluding carboxylic acids is 1. The van der Waals surface area contributed by atoms with E-state index in [0.717, 1.165) is 24.4 Å². The zero-order chi connectivity index (χ0) is 12.8. The summed E-state index contributed by atoms with van der Waals surface area (Å²) in [6.07, 6.45) is 2.77. The SMILES string of the molecule is O=C1CC(Cl)CN1CC1(c2ccc(Cl)cc2)CC1. The summed E-state index contributed by atoms with van der Waals surface area (Å²) in [4.78, 5) is 13.7. The molecule has 4 heteroatoms. The molecule has 1 atom stereocenters. The van der Waals surface area contributed by atoms with Crippen molar-refractivity contribution in [3.05, 3.63) is 34.9 Å². The van der Waals surface area contributed by atoms with Crippen molar-refractivity contribution < 1.29 is 4.79 Å². The van der Waals surface area contributed by atoms with Gasteiger partial charge >= 0.3 is 0 Å². The van der Waals surface area contributed by atoms with Crippen LogP contribution >= 0.6 is 23.2 Å². The highest BCUT2D eigenvalue weighted by Crippen LogP contribution is 2.49. The second kappa shape index (κ2) is 4.43. The fourth-order valence-corrected chi connectivity index (χ4v) is 3.16. The van der Waals surface area contributed by atoms with Crippen molar-refractivity contribution in [2.75, 3.05) is 13.1 Å². The van der Waals surface area contributed by atoms with E-state index in [9.17, 15) is 4.79 Å². The smallest absolute Gasteiger partial charge is 0.224 e. The van der Waals surface area contributed by atoms with Crippen LogP contribution in [0.1, 0.15) is 24.8 Å². The zero-order valence-corrected chi connectivity index (χ0v) is 11.5. The number of amides is 1. The normalized spacial score (nSPS) is 25.6. The fraction of sp³-hybridized carbons (Fsp3) is 0.500. The van der Waals surface area contributed by atoms with Gasteiger partial charge in [0.05, 0.1) is 5.38 Å². The second-order valence-electron chi connectivity index (χ2n) is 5.36. The summed E-state index contributed by atoms with van der Waals surface area (Å²) in [6, 6.07) is 8.00. The van der Waals surface area contributed by atoms with Gasteiger partial charge in [0.1, 0.15) is 0 Å². The molecule has 0 N–H and O–H groups in total. The van der Waals surface area contributed by atoms with E-state index in [0.29, 0.717) is 13.0 Å². The molecule has 0 aromatic heterocycles. The minimum Gasteiger partial charge on any atom is -0.340 e. The Kier molecular flexibility index (Phi) is 3.03. The van der Waals surface area contributed by atoms with Crippen molar-refractivity contribution in [1.29, 1.82) is 0 Å². The van der Waals surface area contributed by atoms with Crippen LogP contribution in [0.15, 0.2) is 24.3 Å². The Hall–Kier alpha value is -0.730. The number of alkyl halides is 1. The summed E-state index contributed by atoms with van der Waals surface area (Å²) in [5.74, 6) is 0.190. The summed E-state index contributed by atoms with van der Waals surface area (Å²) >= 11 is 12.0. The lowest BCUT2D eigenvalue weighted by Gasteiger charge is -2.24. The van der Waals surface area contributed by atoms with Crippen molar-refractivity contribution in [3.8, 4) is 0 Å². The van der Waals surface area contributed by atoms with Gasteiger partial charge in [-0.25, -0.2) is 0 Å². The van der Waals surface area contributed by atoms with Gasteiger partial charge in [0, 0.05) is 29.9 Å². The van der Waals surface area contributed by atoms with Crippen LogP contribution in [0, 0.1) is 0 Å². The van der Waals surface area contributed by atoms with Crippen molar-refractivity contribution >= 4 is 29.1 Å². The van der Waals surface area contributed by atoms with Gasteiger partial charge < -0.3 is 4.90 Å². The molecule has 1 amide bonds. The molecule has 1 aliphatic heterocycles. The first-order chi connectivity index (χ1) is 8.59. The van der Waals surface area contributed by atoms with E-state index in [2.05, 4.69) is 12.1 Å². The molecule has 1 unspecified atom stereocenters. The predicted molar refractivity (Wildman–Crippen MR) is 73.2 cm³/mol. The predicted octanol–water partition coefficient (Wildman–Crippen LogP) is 3.21. The van der Waals surface area contributed by atoms with Crippen LogP contribution in [-0.4, -0.2) is 29.3 Å². The van der Waals surface area contributed by atoms with Crippen LogP contribution in [0.4, 0.5) is 0 Å². The minimum atomic E-state index is -0.0153.